The van der Waals surface area contributed by atoms with Crippen molar-refractivity contribution in [2.75, 3.05) is 5.32 Å². The monoisotopic (exact) mass is 437 g/mol. The molecule has 0 radical (unpaired) electrons. The lowest BCUT2D eigenvalue weighted by Crippen LogP contribution is -2.10. The van der Waals surface area contributed by atoms with E-state index in [1.807, 2.05) is 54.6 Å². The summed E-state index contributed by atoms with van der Waals surface area (Å²) < 4.78 is 11.2. The Labute approximate surface area is 184 Å². The second-order valence-electron chi connectivity index (χ2n) is 6.53. The topological polar surface area (TPSA) is 51.5 Å². The third kappa shape index (κ3) is 4.85. The van der Waals surface area contributed by atoms with Gasteiger partial charge in [0.15, 0.2) is 5.76 Å². The zero-order valence-corrected chi connectivity index (χ0v) is 17.3. The molecule has 4 aromatic rings. The molecule has 0 fully saturated rings. The summed E-state index contributed by atoms with van der Waals surface area (Å²) in [6, 6.07) is 25.9. The molecule has 1 N–H and O–H groups in total. The van der Waals surface area contributed by atoms with E-state index in [9.17, 15) is 4.79 Å². The Morgan fingerprint density at radius 1 is 0.867 bits per heavy atom. The van der Waals surface area contributed by atoms with Crippen molar-refractivity contribution in [3.05, 3.63) is 106 Å². The average Bonchev–Trinajstić information content (AvgIpc) is 3.24. The van der Waals surface area contributed by atoms with Gasteiger partial charge in [-0.1, -0.05) is 65.7 Å². The van der Waals surface area contributed by atoms with Crippen molar-refractivity contribution >= 4 is 34.8 Å². The molecule has 0 aliphatic heterocycles. The van der Waals surface area contributed by atoms with Crippen LogP contribution in [-0.2, 0) is 6.61 Å². The SMILES string of the molecule is O=C(Nc1ccc(-c2ccccc2)cc1)c1ccc(COc2ccc(Cl)cc2Cl)o1. The first-order valence-electron chi connectivity index (χ1n) is 9.22. The van der Waals surface area contributed by atoms with Crippen LogP contribution in [0.4, 0.5) is 5.69 Å². The summed E-state index contributed by atoms with van der Waals surface area (Å²) in [5.41, 5.74) is 2.88. The molecule has 150 valence electrons. The van der Waals surface area contributed by atoms with Crippen molar-refractivity contribution in [3.63, 3.8) is 0 Å². The van der Waals surface area contributed by atoms with Gasteiger partial charge in [0.2, 0.25) is 0 Å². The van der Waals surface area contributed by atoms with Crippen molar-refractivity contribution in [2.24, 2.45) is 0 Å². The van der Waals surface area contributed by atoms with Gasteiger partial charge in [-0.2, -0.15) is 0 Å². The summed E-state index contributed by atoms with van der Waals surface area (Å²) in [5.74, 6) is 0.855. The van der Waals surface area contributed by atoms with Gasteiger partial charge in [-0.25, -0.2) is 0 Å². The lowest BCUT2D eigenvalue weighted by molar-refractivity contribution is 0.0992. The lowest BCUT2D eigenvalue weighted by atomic mass is 10.1. The fraction of sp³-hybridized carbons (Fsp3) is 0.0417. The van der Waals surface area contributed by atoms with Crippen LogP contribution in [-0.4, -0.2) is 5.91 Å². The van der Waals surface area contributed by atoms with Crippen LogP contribution in [0.25, 0.3) is 11.1 Å². The molecule has 6 heteroatoms. The Kier molecular flexibility index (Phi) is 6.07. The van der Waals surface area contributed by atoms with Crippen molar-refractivity contribution in [1.82, 2.24) is 0 Å². The second-order valence-corrected chi connectivity index (χ2v) is 7.37. The third-order valence-corrected chi connectivity index (χ3v) is 4.93. The minimum Gasteiger partial charge on any atom is -0.484 e. The normalized spacial score (nSPS) is 10.6. The largest absolute Gasteiger partial charge is 0.484 e. The van der Waals surface area contributed by atoms with E-state index >= 15 is 0 Å². The highest BCUT2D eigenvalue weighted by molar-refractivity contribution is 6.35. The molecule has 0 spiro atoms. The first-order chi connectivity index (χ1) is 14.6. The van der Waals surface area contributed by atoms with Gasteiger partial charge in [-0.05, 0) is 53.6 Å². The van der Waals surface area contributed by atoms with Crippen molar-refractivity contribution in [3.8, 4) is 16.9 Å². The molecule has 1 amide bonds. The number of ether oxygens (including phenoxy) is 1. The summed E-state index contributed by atoms with van der Waals surface area (Å²) in [5, 5.41) is 3.77. The fourth-order valence-electron chi connectivity index (χ4n) is 2.89. The van der Waals surface area contributed by atoms with Gasteiger partial charge < -0.3 is 14.5 Å². The lowest BCUT2D eigenvalue weighted by Gasteiger charge is -2.07. The number of furan rings is 1. The average molecular weight is 438 g/mol. The molecule has 0 saturated carbocycles. The number of carbonyl (C=O) groups excluding carboxylic acids is 1. The molecule has 3 aromatic carbocycles. The molecular formula is C24H17Cl2NO3. The molecule has 0 saturated heterocycles. The standard InChI is InChI=1S/C24H17Cl2NO3/c25-18-8-12-22(21(26)14-18)29-15-20-11-13-23(30-20)24(28)27-19-9-6-17(7-10-19)16-4-2-1-3-5-16/h1-14H,15H2,(H,27,28). The maximum absolute atomic E-state index is 12.5. The number of benzene rings is 3. The van der Waals surface area contributed by atoms with Crippen molar-refractivity contribution < 1.29 is 13.9 Å². The van der Waals surface area contributed by atoms with E-state index < -0.39 is 0 Å². The molecule has 30 heavy (non-hydrogen) atoms. The molecule has 0 unspecified atom stereocenters. The van der Waals surface area contributed by atoms with Crippen LogP contribution in [0.1, 0.15) is 16.3 Å². The molecule has 0 aliphatic carbocycles. The van der Waals surface area contributed by atoms with Crippen LogP contribution in [0.15, 0.2) is 89.3 Å². The maximum atomic E-state index is 12.5. The van der Waals surface area contributed by atoms with Gasteiger partial charge in [0, 0.05) is 10.7 Å². The summed E-state index contributed by atoms with van der Waals surface area (Å²) in [6.45, 7) is 0.139. The predicted octanol–water partition coefficient (Wildman–Crippen LogP) is 7.08. The number of nitrogens with one attached hydrogen (secondary N) is 1. The first-order valence-corrected chi connectivity index (χ1v) is 9.97. The Hall–Kier alpha value is -3.21. The van der Waals surface area contributed by atoms with Gasteiger partial charge in [0.25, 0.3) is 5.91 Å². The van der Waals surface area contributed by atoms with E-state index in [1.165, 1.54) is 0 Å². The Morgan fingerprint density at radius 3 is 2.33 bits per heavy atom. The zero-order valence-electron chi connectivity index (χ0n) is 15.8. The molecule has 0 aliphatic rings. The van der Waals surface area contributed by atoms with Crippen LogP contribution in [0.3, 0.4) is 0 Å². The smallest absolute Gasteiger partial charge is 0.291 e. The Morgan fingerprint density at radius 2 is 1.60 bits per heavy atom. The minimum atomic E-state index is -0.335. The number of rotatable bonds is 6. The minimum absolute atomic E-state index is 0.139. The highest BCUT2D eigenvalue weighted by Gasteiger charge is 2.13. The third-order valence-electron chi connectivity index (χ3n) is 4.40. The number of amides is 1. The predicted molar refractivity (Wildman–Crippen MR) is 119 cm³/mol. The number of hydrogen-bond acceptors (Lipinski definition) is 3. The number of hydrogen-bond donors (Lipinski definition) is 1. The quantitative estimate of drug-likeness (QED) is 0.350. The van der Waals surface area contributed by atoms with Gasteiger partial charge in [0.05, 0.1) is 5.02 Å². The van der Waals surface area contributed by atoms with Crippen LogP contribution >= 0.6 is 23.2 Å². The van der Waals surface area contributed by atoms with Crippen LogP contribution in [0.2, 0.25) is 10.0 Å². The number of carbonyl (C=O) groups is 1. The molecule has 0 atom stereocenters. The Bertz CT molecular complexity index is 1150. The zero-order chi connectivity index (χ0) is 20.9. The van der Waals surface area contributed by atoms with Gasteiger partial charge >= 0.3 is 0 Å². The van der Waals surface area contributed by atoms with E-state index in [-0.39, 0.29) is 18.3 Å². The fourth-order valence-corrected chi connectivity index (χ4v) is 3.35. The molecular weight excluding hydrogens is 421 g/mol. The summed E-state index contributed by atoms with van der Waals surface area (Å²) >= 11 is 12.0. The molecule has 1 aromatic heterocycles. The van der Waals surface area contributed by atoms with Gasteiger partial charge in [-0.15, -0.1) is 0 Å². The molecule has 1 heterocycles. The van der Waals surface area contributed by atoms with Gasteiger partial charge in [0.1, 0.15) is 18.1 Å². The van der Waals surface area contributed by atoms with Crippen LogP contribution < -0.4 is 10.1 Å². The summed E-state index contributed by atoms with van der Waals surface area (Å²) in [4.78, 5) is 12.5. The highest BCUT2D eigenvalue weighted by atomic mass is 35.5. The summed E-state index contributed by atoms with van der Waals surface area (Å²) in [7, 11) is 0. The van der Waals surface area contributed by atoms with Crippen LogP contribution in [0.5, 0.6) is 5.75 Å². The summed E-state index contributed by atoms with van der Waals surface area (Å²) in [6.07, 6.45) is 0. The van der Waals surface area contributed by atoms with Crippen LogP contribution in [0, 0.1) is 0 Å². The second kappa shape index (κ2) is 9.08. The number of halogens is 2. The van der Waals surface area contributed by atoms with Crippen molar-refractivity contribution in [2.45, 2.75) is 6.61 Å². The van der Waals surface area contributed by atoms with E-state index in [0.717, 1.165) is 11.1 Å². The van der Waals surface area contributed by atoms with E-state index in [2.05, 4.69) is 5.32 Å². The van der Waals surface area contributed by atoms with E-state index in [0.29, 0.717) is 27.2 Å². The highest BCUT2D eigenvalue weighted by Crippen LogP contribution is 2.28. The maximum Gasteiger partial charge on any atom is 0.291 e. The molecule has 0 bridgehead atoms. The van der Waals surface area contributed by atoms with Gasteiger partial charge in [-0.3, -0.25) is 4.79 Å². The molecule has 4 nitrogen and oxygen atoms in total. The molecule has 4 rings (SSSR count). The first kappa shape index (κ1) is 20.1. The Balaban J connectivity index is 1.37. The number of anilines is 1. The van der Waals surface area contributed by atoms with E-state index in [1.54, 1.807) is 30.3 Å². The van der Waals surface area contributed by atoms with Crippen molar-refractivity contribution in [1.29, 1.82) is 0 Å². The van der Waals surface area contributed by atoms with E-state index in [4.69, 9.17) is 32.4 Å².